The summed E-state index contributed by atoms with van der Waals surface area (Å²) in [4.78, 5) is 11.4. The van der Waals surface area contributed by atoms with Crippen LogP contribution in [0.3, 0.4) is 0 Å². The second-order valence-corrected chi connectivity index (χ2v) is 4.94. The molecule has 0 aliphatic heterocycles. The van der Waals surface area contributed by atoms with Crippen LogP contribution in [0.1, 0.15) is 26.7 Å². The van der Waals surface area contributed by atoms with Crippen LogP contribution < -0.4 is 5.73 Å². The lowest BCUT2D eigenvalue weighted by molar-refractivity contribution is -0.116. The van der Waals surface area contributed by atoms with Crippen LogP contribution in [0, 0.1) is 11.8 Å². The molecule has 0 aromatic carbocycles. The highest BCUT2D eigenvalue weighted by Crippen LogP contribution is 2.34. The quantitative estimate of drug-likeness (QED) is 0.786. The molecule has 0 bridgehead atoms. The highest BCUT2D eigenvalue weighted by Gasteiger charge is 2.35. The number of nitrogens with two attached hydrogens (primary N) is 1. The topological polar surface area (TPSA) is 52.3 Å². The van der Waals surface area contributed by atoms with E-state index >= 15 is 0 Å². The molecular weight excluding hydrogens is 202 g/mol. The average molecular weight is 221 g/mol. The molecule has 0 aromatic heterocycles. The Balaban J connectivity index is 2.16. The summed E-state index contributed by atoms with van der Waals surface area (Å²) in [6.07, 6.45) is 8.43. The van der Waals surface area contributed by atoms with Gasteiger partial charge >= 0.3 is 0 Å². The fourth-order valence-corrected chi connectivity index (χ4v) is 2.22. The lowest BCUT2D eigenvalue weighted by Crippen LogP contribution is -2.35. The van der Waals surface area contributed by atoms with E-state index in [2.05, 4.69) is 13.8 Å². The van der Waals surface area contributed by atoms with Crippen molar-refractivity contribution in [3.05, 3.63) is 23.8 Å². The van der Waals surface area contributed by atoms with Crippen LogP contribution in [0.5, 0.6) is 0 Å². The zero-order valence-corrected chi connectivity index (χ0v) is 9.85. The molecular formula is C13H19NO2. The highest BCUT2D eigenvalue weighted by atomic mass is 16.5. The maximum Gasteiger partial charge on any atom is 0.245 e. The second kappa shape index (κ2) is 4.42. The standard InChI is InChI=1S/C13H19NO2/c1-8(2)12-10(13(14)15)4-3-5-11(12)16-9-6-7-9/h3-5,8-9,11-12H,6-7H2,1-2H3,(H2,14,15). The minimum atomic E-state index is -0.326. The van der Waals surface area contributed by atoms with Gasteiger partial charge in [-0.05, 0) is 18.8 Å². The number of hydrogen-bond acceptors (Lipinski definition) is 2. The Kier molecular flexibility index (Phi) is 3.15. The predicted molar refractivity (Wildman–Crippen MR) is 62.6 cm³/mol. The predicted octanol–water partition coefficient (Wildman–Crippen LogP) is 1.79. The summed E-state index contributed by atoms with van der Waals surface area (Å²) in [6.45, 7) is 4.20. The number of rotatable bonds is 4. The summed E-state index contributed by atoms with van der Waals surface area (Å²) in [5, 5.41) is 0. The first-order valence-electron chi connectivity index (χ1n) is 5.93. The van der Waals surface area contributed by atoms with Crippen LogP contribution in [0.4, 0.5) is 0 Å². The molecule has 0 aromatic rings. The monoisotopic (exact) mass is 221 g/mol. The van der Waals surface area contributed by atoms with Gasteiger partial charge in [-0.2, -0.15) is 0 Å². The summed E-state index contributed by atoms with van der Waals surface area (Å²) in [5.74, 6) is 0.128. The van der Waals surface area contributed by atoms with Gasteiger partial charge in [-0.15, -0.1) is 0 Å². The van der Waals surface area contributed by atoms with E-state index in [-0.39, 0.29) is 17.9 Å². The molecule has 1 fully saturated rings. The van der Waals surface area contributed by atoms with Crippen molar-refractivity contribution in [1.82, 2.24) is 0 Å². The van der Waals surface area contributed by atoms with Gasteiger partial charge in [0.15, 0.2) is 0 Å². The summed E-state index contributed by atoms with van der Waals surface area (Å²) in [7, 11) is 0. The van der Waals surface area contributed by atoms with Gasteiger partial charge in [0.05, 0.1) is 12.2 Å². The number of hydrogen-bond donors (Lipinski definition) is 1. The normalized spacial score (nSPS) is 29.3. The molecule has 2 unspecified atom stereocenters. The fraction of sp³-hybridized carbons (Fsp3) is 0.615. The van der Waals surface area contributed by atoms with Crippen LogP contribution in [0.2, 0.25) is 0 Å². The van der Waals surface area contributed by atoms with Crippen molar-refractivity contribution in [2.45, 2.75) is 38.9 Å². The number of carbonyl (C=O) groups excluding carboxylic acids is 1. The minimum Gasteiger partial charge on any atom is -0.370 e. The van der Waals surface area contributed by atoms with E-state index in [1.165, 1.54) is 0 Å². The van der Waals surface area contributed by atoms with Gasteiger partial charge in [-0.3, -0.25) is 4.79 Å². The Bertz CT molecular complexity index is 340. The molecule has 3 nitrogen and oxygen atoms in total. The van der Waals surface area contributed by atoms with E-state index in [1.54, 1.807) is 0 Å². The van der Waals surface area contributed by atoms with Gasteiger partial charge in [-0.1, -0.05) is 32.1 Å². The van der Waals surface area contributed by atoms with Crippen molar-refractivity contribution in [2.24, 2.45) is 17.6 Å². The van der Waals surface area contributed by atoms with Gasteiger partial charge in [0.25, 0.3) is 0 Å². The van der Waals surface area contributed by atoms with Crippen molar-refractivity contribution >= 4 is 5.91 Å². The van der Waals surface area contributed by atoms with Crippen molar-refractivity contribution in [1.29, 1.82) is 0 Å². The van der Waals surface area contributed by atoms with Gasteiger partial charge in [0.2, 0.25) is 5.91 Å². The highest BCUT2D eigenvalue weighted by molar-refractivity contribution is 5.93. The van der Waals surface area contributed by atoms with E-state index in [4.69, 9.17) is 10.5 Å². The molecule has 2 atom stereocenters. The van der Waals surface area contributed by atoms with E-state index in [0.29, 0.717) is 17.6 Å². The number of amides is 1. The Hall–Kier alpha value is -1.09. The van der Waals surface area contributed by atoms with Gasteiger partial charge in [0.1, 0.15) is 0 Å². The van der Waals surface area contributed by atoms with E-state index < -0.39 is 0 Å². The molecule has 2 aliphatic carbocycles. The van der Waals surface area contributed by atoms with Gasteiger partial charge < -0.3 is 10.5 Å². The van der Waals surface area contributed by atoms with Gasteiger partial charge in [0, 0.05) is 11.5 Å². The zero-order valence-electron chi connectivity index (χ0n) is 9.85. The smallest absolute Gasteiger partial charge is 0.245 e. The third-order valence-electron chi connectivity index (χ3n) is 3.17. The Labute approximate surface area is 96.3 Å². The molecule has 0 heterocycles. The molecule has 0 radical (unpaired) electrons. The first kappa shape index (κ1) is 11.4. The zero-order chi connectivity index (χ0) is 11.7. The van der Waals surface area contributed by atoms with E-state index in [1.807, 2.05) is 18.2 Å². The molecule has 1 amide bonds. The van der Waals surface area contributed by atoms with Crippen LogP contribution in [0.25, 0.3) is 0 Å². The number of primary amides is 1. The SMILES string of the molecule is CC(C)C1C(C(N)=O)=CC=CC1OC1CC1. The number of allylic oxidation sites excluding steroid dienone is 2. The molecule has 0 saturated heterocycles. The third-order valence-corrected chi connectivity index (χ3v) is 3.17. The third kappa shape index (κ3) is 2.35. The maximum absolute atomic E-state index is 11.4. The summed E-state index contributed by atoms with van der Waals surface area (Å²) < 4.78 is 5.92. The molecule has 2 N–H and O–H groups in total. The van der Waals surface area contributed by atoms with Crippen molar-refractivity contribution < 1.29 is 9.53 Å². The molecule has 88 valence electrons. The van der Waals surface area contributed by atoms with Gasteiger partial charge in [-0.25, -0.2) is 0 Å². The molecule has 2 rings (SSSR count). The van der Waals surface area contributed by atoms with Crippen LogP contribution in [-0.4, -0.2) is 18.1 Å². The molecule has 0 spiro atoms. The number of ether oxygens (including phenoxy) is 1. The van der Waals surface area contributed by atoms with E-state index in [0.717, 1.165) is 12.8 Å². The van der Waals surface area contributed by atoms with Crippen LogP contribution in [0.15, 0.2) is 23.8 Å². The minimum absolute atomic E-state index is 0.0139. The summed E-state index contributed by atoms with van der Waals surface area (Å²) in [6, 6.07) is 0. The average Bonchev–Trinajstić information content (AvgIpc) is 3.00. The Morgan fingerprint density at radius 1 is 1.50 bits per heavy atom. The Morgan fingerprint density at radius 3 is 2.69 bits per heavy atom. The molecule has 2 aliphatic rings. The lowest BCUT2D eigenvalue weighted by atomic mass is 9.80. The maximum atomic E-state index is 11.4. The molecule has 16 heavy (non-hydrogen) atoms. The van der Waals surface area contributed by atoms with Crippen LogP contribution >= 0.6 is 0 Å². The molecule has 1 saturated carbocycles. The first-order valence-corrected chi connectivity index (χ1v) is 5.93. The lowest BCUT2D eigenvalue weighted by Gasteiger charge is -2.31. The van der Waals surface area contributed by atoms with Crippen molar-refractivity contribution in [3.8, 4) is 0 Å². The second-order valence-electron chi connectivity index (χ2n) is 4.94. The van der Waals surface area contributed by atoms with Crippen molar-refractivity contribution in [3.63, 3.8) is 0 Å². The first-order chi connectivity index (χ1) is 7.59. The Morgan fingerprint density at radius 2 is 2.19 bits per heavy atom. The van der Waals surface area contributed by atoms with Crippen molar-refractivity contribution in [2.75, 3.05) is 0 Å². The van der Waals surface area contributed by atoms with Crippen LogP contribution in [-0.2, 0) is 9.53 Å². The molecule has 3 heteroatoms. The largest absolute Gasteiger partial charge is 0.370 e. The summed E-state index contributed by atoms with van der Waals surface area (Å²) >= 11 is 0. The number of carbonyl (C=O) groups is 1. The summed E-state index contributed by atoms with van der Waals surface area (Å²) in [5.41, 5.74) is 6.10. The van der Waals surface area contributed by atoms with E-state index in [9.17, 15) is 4.79 Å². The fourth-order valence-electron chi connectivity index (χ4n) is 2.22.